The van der Waals surface area contributed by atoms with Crippen LogP contribution in [0.15, 0.2) is 59.7 Å². The number of ether oxygens (including phenoxy) is 4. The van der Waals surface area contributed by atoms with E-state index in [9.17, 15) is 4.79 Å². The third kappa shape index (κ3) is 6.71. The number of carbonyl (C=O) groups is 1. The van der Waals surface area contributed by atoms with E-state index in [1.807, 2.05) is 25.1 Å². The Bertz CT molecular complexity index is 1240. The van der Waals surface area contributed by atoms with Crippen LogP contribution >= 0.6 is 23.2 Å². The lowest BCUT2D eigenvalue weighted by atomic mass is 10.2. The molecule has 0 saturated heterocycles. The molecule has 182 valence electrons. The van der Waals surface area contributed by atoms with Crippen LogP contribution < -0.4 is 29.7 Å². The van der Waals surface area contributed by atoms with Crippen LogP contribution in [-0.4, -0.2) is 32.1 Å². The second kappa shape index (κ2) is 11.7. The Kier molecular flexibility index (Phi) is 8.18. The van der Waals surface area contributed by atoms with Crippen LogP contribution in [0.3, 0.4) is 0 Å². The molecule has 8 nitrogen and oxygen atoms in total. The van der Waals surface area contributed by atoms with Crippen molar-refractivity contribution in [3.63, 3.8) is 0 Å². The number of hydrogen-bond donors (Lipinski definition) is 2. The van der Waals surface area contributed by atoms with Gasteiger partial charge in [-0.15, -0.1) is 0 Å². The molecule has 2 N–H and O–H groups in total. The maximum Gasteiger partial charge on any atom is 0.259 e. The first-order valence-electron chi connectivity index (χ1n) is 10.8. The number of carbonyl (C=O) groups excluding carboxylic acids is 1. The molecule has 0 unspecified atom stereocenters. The molecule has 1 amide bonds. The summed E-state index contributed by atoms with van der Waals surface area (Å²) in [5.74, 6) is 2.14. The second-order valence-corrected chi connectivity index (χ2v) is 8.22. The van der Waals surface area contributed by atoms with Gasteiger partial charge in [0, 0.05) is 27.4 Å². The number of nitrogens with one attached hydrogen (secondary N) is 2. The Labute approximate surface area is 212 Å². The van der Waals surface area contributed by atoms with Gasteiger partial charge < -0.3 is 24.3 Å². The van der Waals surface area contributed by atoms with Gasteiger partial charge in [0.2, 0.25) is 6.79 Å². The summed E-state index contributed by atoms with van der Waals surface area (Å²) in [4.78, 5) is 12.1. The predicted octanol–water partition coefficient (Wildman–Crippen LogP) is 5.26. The summed E-state index contributed by atoms with van der Waals surface area (Å²) < 4.78 is 22.2. The van der Waals surface area contributed by atoms with Crippen LogP contribution in [0.5, 0.6) is 23.0 Å². The van der Waals surface area contributed by atoms with Gasteiger partial charge >= 0.3 is 0 Å². The molecule has 0 atom stereocenters. The minimum Gasteiger partial charge on any atom is -0.490 e. The van der Waals surface area contributed by atoms with Crippen molar-refractivity contribution in [1.29, 1.82) is 0 Å². The maximum atomic E-state index is 12.1. The van der Waals surface area contributed by atoms with Crippen LogP contribution in [0, 0.1) is 0 Å². The Morgan fingerprint density at radius 1 is 1.03 bits per heavy atom. The van der Waals surface area contributed by atoms with Gasteiger partial charge in [-0.3, -0.25) is 4.79 Å². The molecular formula is C25H23Cl2N3O5. The minimum absolute atomic E-state index is 0.0429. The zero-order valence-electron chi connectivity index (χ0n) is 18.8. The van der Waals surface area contributed by atoms with Crippen molar-refractivity contribution in [3.05, 3.63) is 75.8 Å². The molecule has 3 aromatic carbocycles. The fraction of sp³-hybridized carbons (Fsp3) is 0.200. The zero-order chi connectivity index (χ0) is 24.6. The molecule has 0 aliphatic carbocycles. The van der Waals surface area contributed by atoms with Gasteiger partial charge in [-0.25, -0.2) is 5.43 Å². The molecule has 0 spiro atoms. The zero-order valence-corrected chi connectivity index (χ0v) is 20.4. The molecule has 0 fully saturated rings. The number of hydrazone groups is 1. The van der Waals surface area contributed by atoms with E-state index in [2.05, 4.69) is 15.8 Å². The fourth-order valence-corrected chi connectivity index (χ4v) is 3.66. The number of fused-ring (bicyclic) bond motifs is 1. The van der Waals surface area contributed by atoms with E-state index in [0.29, 0.717) is 39.7 Å². The monoisotopic (exact) mass is 515 g/mol. The van der Waals surface area contributed by atoms with E-state index >= 15 is 0 Å². The lowest BCUT2D eigenvalue weighted by molar-refractivity contribution is -0.119. The Morgan fingerprint density at radius 3 is 2.71 bits per heavy atom. The largest absolute Gasteiger partial charge is 0.490 e. The van der Waals surface area contributed by atoms with Crippen LogP contribution in [-0.2, 0) is 11.4 Å². The number of nitrogens with zero attached hydrogens (tertiary/aromatic N) is 1. The summed E-state index contributed by atoms with van der Waals surface area (Å²) in [5.41, 5.74) is 4.77. The van der Waals surface area contributed by atoms with Gasteiger partial charge in [0.15, 0.2) is 23.0 Å². The molecule has 4 rings (SSSR count). The number of benzene rings is 3. The highest BCUT2D eigenvalue weighted by Crippen LogP contribution is 2.34. The van der Waals surface area contributed by atoms with Gasteiger partial charge in [-0.2, -0.15) is 5.10 Å². The van der Waals surface area contributed by atoms with E-state index in [1.165, 1.54) is 6.21 Å². The SMILES string of the molecule is CCOc1cc(/C=N\NC(=O)CNc2ccc3c(c2)OCO3)ccc1OCc1ccc(Cl)cc1Cl. The molecular weight excluding hydrogens is 493 g/mol. The van der Waals surface area contributed by atoms with Crippen LogP contribution in [0.25, 0.3) is 0 Å². The van der Waals surface area contributed by atoms with E-state index < -0.39 is 0 Å². The van der Waals surface area contributed by atoms with Crippen LogP contribution in [0.2, 0.25) is 10.0 Å². The summed E-state index contributed by atoms with van der Waals surface area (Å²) in [7, 11) is 0. The van der Waals surface area contributed by atoms with Gasteiger partial charge in [-0.05, 0) is 55.0 Å². The van der Waals surface area contributed by atoms with E-state index in [1.54, 1.807) is 36.4 Å². The van der Waals surface area contributed by atoms with E-state index in [0.717, 1.165) is 16.8 Å². The van der Waals surface area contributed by atoms with Crippen molar-refractivity contribution < 1.29 is 23.7 Å². The van der Waals surface area contributed by atoms with Crippen molar-refractivity contribution in [2.75, 3.05) is 25.3 Å². The highest BCUT2D eigenvalue weighted by Gasteiger charge is 2.13. The maximum absolute atomic E-state index is 12.1. The summed E-state index contributed by atoms with van der Waals surface area (Å²) in [6.07, 6.45) is 1.53. The van der Waals surface area contributed by atoms with Crippen LogP contribution in [0.4, 0.5) is 5.69 Å². The first kappa shape index (κ1) is 24.5. The highest BCUT2D eigenvalue weighted by atomic mass is 35.5. The molecule has 0 radical (unpaired) electrons. The normalized spacial score (nSPS) is 12.0. The van der Waals surface area contributed by atoms with Crippen molar-refractivity contribution in [2.24, 2.45) is 5.10 Å². The summed E-state index contributed by atoms with van der Waals surface area (Å²) in [6, 6.07) is 16.0. The Morgan fingerprint density at radius 2 is 1.89 bits per heavy atom. The second-order valence-electron chi connectivity index (χ2n) is 7.38. The minimum atomic E-state index is -0.302. The molecule has 1 aliphatic heterocycles. The van der Waals surface area contributed by atoms with Crippen LogP contribution in [0.1, 0.15) is 18.1 Å². The number of hydrogen-bond acceptors (Lipinski definition) is 7. The smallest absolute Gasteiger partial charge is 0.259 e. The molecule has 35 heavy (non-hydrogen) atoms. The van der Waals surface area contributed by atoms with Crippen molar-refractivity contribution in [3.8, 4) is 23.0 Å². The lowest BCUT2D eigenvalue weighted by Crippen LogP contribution is -2.25. The molecule has 0 bridgehead atoms. The molecule has 10 heteroatoms. The topological polar surface area (TPSA) is 90.4 Å². The highest BCUT2D eigenvalue weighted by molar-refractivity contribution is 6.35. The van der Waals surface area contributed by atoms with Crippen molar-refractivity contribution >= 4 is 41.0 Å². The quantitative estimate of drug-likeness (QED) is 0.282. The molecule has 1 aliphatic rings. The van der Waals surface area contributed by atoms with Gasteiger partial charge in [0.05, 0.1) is 19.4 Å². The predicted molar refractivity (Wildman–Crippen MR) is 135 cm³/mol. The number of anilines is 1. The average molecular weight is 516 g/mol. The van der Waals surface area contributed by atoms with Gasteiger partial charge in [0.25, 0.3) is 5.91 Å². The number of halogens is 2. The lowest BCUT2D eigenvalue weighted by Gasteiger charge is -2.13. The molecule has 3 aromatic rings. The summed E-state index contributed by atoms with van der Waals surface area (Å²) >= 11 is 12.2. The fourth-order valence-electron chi connectivity index (χ4n) is 3.19. The van der Waals surface area contributed by atoms with E-state index in [4.69, 9.17) is 42.1 Å². The van der Waals surface area contributed by atoms with Crippen molar-refractivity contribution in [2.45, 2.75) is 13.5 Å². The third-order valence-electron chi connectivity index (χ3n) is 4.89. The molecule has 0 aromatic heterocycles. The molecule has 1 heterocycles. The summed E-state index contributed by atoms with van der Waals surface area (Å²) in [5, 5.41) is 8.13. The van der Waals surface area contributed by atoms with E-state index in [-0.39, 0.29) is 25.9 Å². The average Bonchev–Trinajstić information content (AvgIpc) is 3.31. The number of rotatable bonds is 10. The molecule has 0 saturated carbocycles. The first-order valence-corrected chi connectivity index (χ1v) is 11.6. The summed E-state index contributed by atoms with van der Waals surface area (Å²) in [6.45, 7) is 2.84. The van der Waals surface area contributed by atoms with Crippen molar-refractivity contribution in [1.82, 2.24) is 5.43 Å². The van der Waals surface area contributed by atoms with Gasteiger partial charge in [-0.1, -0.05) is 29.3 Å². The Hall–Kier alpha value is -3.62. The standard InChI is InChI=1S/C25H23Cl2N3O5/c1-2-32-23-9-16(3-7-21(23)33-14-17-4-5-18(26)10-20(17)27)12-29-30-25(31)13-28-19-6-8-22-24(11-19)35-15-34-22/h3-12,28H,2,13-15H2,1H3,(H,30,31)/b29-12-. The first-order chi connectivity index (χ1) is 17.0. The Balaban J connectivity index is 1.31. The third-order valence-corrected chi connectivity index (χ3v) is 5.48. The number of amides is 1. The van der Waals surface area contributed by atoms with Gasteiger partial charge in [0.1, 0.15) is 6.61 Å².